The number of nitrogens with zero attached hydrogens (tertiary/aromatic N) is 4. The topological polar surface area (TPSA) is 90.9 Å². The summed E-state index contributed by atoms with van der Waals surface area (Å²) < 4.78 is 59.2. The molecule has 8 nitrogen and oxygen atoms in total. The van der Waals surface area contributed by atoms with E-state index in [1.807, 2.05) is 18.2 Å². The molecule has 1 aromatic heterocycles. The van der Waals surface area contributed by atoms with Crippen LogP contribution in [0.25, 0.3) is 11.0 Å². The molecule has 1 saturated heterocycles. The predicted octanol–water partition coefficient (Wildman–Crippen LogP) is 5.16. The van der Waals surface area contributed by atoms with Gasteiger partial charge in [-0.2, -0.15) is 13.2 Å². The highest BCUT2D eigenvalue weighted by Crippen LogP contribution is 2.65. The molecule has 3 atom stereocenters. The minimum atomic E-state index is -4.86. The molecular formula is C29H34F4N6O2. The first kappa shape index (κ1) is 27.8. The van der Waals surface area contributed by atoms with E-state index in [4.69, 9.17) is 10.3 Å². The van der Waals surface area contributed by atoms with Crippen LogP contribution < -0.4 is 11.1 Å². The molecule has 41 heavy (non-hydrogen) atoms. The normalized spacial score (nSPS) is 24.9. The molecule has 3 N–H and O–H groups in total. The summed E-state index contributed by atoms with van der Waals surface area (Å²) in [7, 11) is 2.10. The second kappa shape index (κ2) is 10.5. The number of hydrogen-bond donors (Lipinski definition) is 2. The van der Waals surface area contributed by atoms with Crippen molar-refractivity contribution in [1.82, 2.24) is 19.9 Å². The Balaban J connectivity index is 1.20. The fraction of sp³-hybridized carbons (Fsp3) is 0.517. The number of likely N-dealkylation sites (N-methyl/N-ethyl adjacent to an activating group) is 1. The fourth-order valence-corrected chi connectivity index (χ4v) is 6.82. The van der Waals surface area contributed by atoms with Gasteiger partial charge in [0, 0.05) is 49.9 Å². The van der Waals surface area contributed by atoms with E-state index in [0.29, 0.717) is 24.0 Å². The molecule has 3 fully saturated rings. The van der Waals surface area contributed by atoms with E-state index in [-0.39, 0.29) is 23.1 Å². The van der Waals surface area contributed by atoms with E-state index in [0.717, 1.165) is 75.4 Å². The van der Waals surface area contributed by atoms with Gasteiger partial charge < -0.3 is 30.3 Å². The Morgan fingerprint density at radius 1 is 1.20 bits per heavy atom. The van der Waals surface area contributed by atoms with Crippen molar-refractivity contribution in [3.8, 4) is 0 Å². The molecule has 2 amide bonds. The quantitative estimate of drug-likeness (QED) is 0.379. The average molecular weight is 575 g/mol. The summed E-state index contributed by atoms with van der Waals surface area (Å²) in [6.45, 7) is 5.21. The lowest BCUT2D eigenvalue weighted by molar-refractivity contribution is -0.139. The molecule has 1 aliphatic heterocycles. The maximum Gasteiger partial charge on any atom is 0.419 e. The van der Waals surface area contributed by atoms with Crippen LogP contribution in [-0.2, 0) is 11.6 Å². The van der Waals surface area contributed by atoms with Gasteiger partial charge in [0.05, 0.1) is 10.9 Å². The van der Waals surface area contributed by atoms with Crippen LogP contribution in [0, 0.1) is 11.7 Å². The maximum absolute atomic E-state index is 13.9. The van der Waals surface area contributed by atoms with Crippen LogP contribution in [-0.4, -0.2) is 78.2 Å². The fourth-order valence-electron chi connectivity index (χ4n) is 6.82. The third-order valence-corrected chi connectivity index (χ3v) is 9.21. The second-order valence-corrected chi connectivity index (χ2v) is 11.7. The summed E-state index contributed by atoms with van der Waals surface area (Å²) in [6.07, 6.45) is -1.55. The number of rotatable bonds is 7. The van der Waals surface area contributed by atoms with Gasteiger partial charge in [-0.3, -0.25) is 0 Å². The zero-order valence-electron chi connectivity index (χ0n) is 22.9. The molecule has 2 aliphatic carbocycles. The van der Waals surface area contributed by atoms with Crippen molar-refractivity contribution >= 4 is 28.5 Å². The van der Waals surface area contributed by atoms with E-state index in [1.165, 1.54) is 6.07 Å². The number of piperazine rings is 1. The molecule has 6 rings (SSSR count). The largest absolute Gasteiger partial charge is 0.419 e. The molecule has 3 aliphatic rings. The number of benzene rings is 2. The van der Waals surface area contributed by atoms with Crippen molar-refractivity contribution < 1.29 is 26.9 Å². The Morgan fingerprint density at radius 3 is 2.71 bits per heavy atom. The number of carbonyl (C=O) groups excluding carboxylic acids is 1. The number of alkyl halides is 3. The number of nitrogens with one attached hydrogen (secondary N) is 1. The zero-order chi connectivity index (χ0) is 28.9. The van der Waals surface area contributed by atoms with Gasteiger partial charge in [0.15, 0.2) is 11.4 Å². The first-order valence-corrected chi connectivity index (χ1v) is 14.1. The van der Waals surface area contributed by atoms with Crippen molar-refractivity contribution in [3.05, 3.63) is 53.3 Å². The van der Waals surface area contributed by atoms with Crippen molar-refractivity contribution in [1.29, 1.82) is 0 Å². The molecule has 220 valence electrons. The zero-order valence-corrected chi connectivity index (χ0v) is 22.9. The number of amides is 2. The highest BCUT2D eigenvalue weighted by atomic mass is 19.4. The molecule has 0 bridgehead atoms. The van der Waals surface area contributed by atoms with Crippen molar-refractivity contribution in [2.24, 2.45) is 5.92 Å². The monoisotopic (exact) mass is 574 g/mol. The number of nitrogens with two attached hydrogens (primary N) is 1. The van der Waals surface area contributed by atoms with Crippen molar-refractivity contribution in [2.45, 2.75) is 43.3 Å². The molecule has 0 spiro atoms. The minimum absolute atomic E-state index is 0.0690. The molecule has 12 heteroatoms. The predicted molar refractivity (Wildman–Crippen MR) is 147 cm³/mol. The number of carbonyl (C=O) groups is 1. The van der Waals surface area contributed by atoms with Crippen LogP contribution in [0.15, 0.2) is 40.9 Å². The van der Waals surface area contributed by atoms with Crippen LogP contribution in [0.3, 0.4) is 0 Å². The smallest absolute Gasteiger partial charge is 0.380 e. The second-order valence-electron chi connectivity index (χ2n) is 11.7. The summed E-state index contributed by atoms with van der Waals surface area (Å²) >= 11 is 0. The lowest BCUT2D eigenvalue weighted by Crippen LogP contribution is -2.47. The first-order valence-electron chi connectivity index (χ1n) is 14.1. The van der Waals surface area contributed by atoms with Gasteiger partial charge in [-0.1, -0.05) is 11.2 Å². The number of nitrogen functional groups attached to an aromatic ring is 1. The number of hydrogen-bond acceptors (Lipinski definition) is 6. The molecule has 0 radical (unpaired) electrons. The standard InChI is InChI=1S/C29H34F4N6O2/c1-37-11-13-38(14-12-37)9-2-10-39(27(40)35-19-4-6-23(30)21(16-19)29(31,32)33)24-7-8-28(17-22(24)28)18-3-5-20-25(15-18)41-36-26(20)34/h3-6,15-16,22,24H,2,7-14,17H2,1H3,(H2,34,36)(H,35,40)/t22-,24-,28-/m1/s1. The van der Waals surface area contributed by atoms with E-state index in [9.17, 15) is 22.4 Å². The van der Waals surface area contributed by atoms with Crippen LogP contribution in [0.4, 0.5) is 33.9 Å². The third-order valence-electron chi connectivity index (χ3n) is 9.21. The van der Waals surface area contributed by atoms with Crippen molar-refractivity contribution in [2.75, 3.05) is 57.4 Å². The van der Waals surface area contributed by atoms with E-state index in [1.54, 1.807) is 4.90 Å². The summed E-state index contributed by atoms with van der Waals surface area (Å²) in [5.41, 5.74) is 6.07. The van der Waals surface area contributed by atoms with E-state index in [2.05, 4.69) is 27.3 Å². The minimum Gasteiger partial charge on any atom is -0.380 e. The van der Waals surface area contributed by atoms with Crippen LogP contribution >= 0.6 is 0 Å². The Morgan fingerprint density at radius 2 is 1.98 bits per heavy atom. The molecule has 0 unspecified atom stereocenters. The molecule has 3 aromatic rings. The number of anilines is 2. The molecular weight excluding hydrogens is 540 g/mol. The van der Waals surface area contributed by atoms with Crippen LogP contribution in [0.1, 0.15) is 36.8 Å². The Hall–Kier alpha value is -3.38. The maximum atomic E-state index is 13.9. The first-order chi connectivity index (χ1) is 19.5. The van der Waals surface area contributed by atoms with Crippen LogP contribution in [0.5, 0.6) is 0 Å². The number of fused-ring (bicyclic) bond motifs is 2. The third kappa shape index (κ3) is 5.34. The van der Waals surface area contributed by atoms with Gasteiger partial charge in [0.2, 0.25) is 0 Å². The SMILES string of the molecule is CN1CCN(CCCN(C(=O)Nc2ccc(F)c(C(F)(F)F)c2)[C@@H]2CC[C@]3(c4ccc5c(N)noc5c4)C[C@H]23)CC1. The summed E-state index contributed by atoms with van der Waals surface area (Å²) in [4.78, 5) is 20.1. The highest BCUT2D eigenvalue weighted by Gasteiger charge is 2.64. The van der Waals surface area contributed by atoms with Gasteiger partial charge in [0.1, 0.15) is 5.82 Å². The van der Waals surface area contributed by atoms with Gasteiger partial charge in [-0.15, -0.1) is 0 Å². The van der Waals surface area contributed by atoms with Gasteiger partial charge >= 0.3 is 12.2 Å². The van der Waals surface area contributed by atoms with Crippen molar-refractivity contribution in [3.63, 3.8) is 0 Å². The molecule has 2 saturated carbocycles. The molecule has 2 aromatic carbocycles. The summed E-state index contributed by atoms with van der Waals surface area (Å²) in [5, 5.41) is 7.25. The number of aromatic nitrogens is 1. The summed E-state index contributed by atoms with van der Waals surface area (Å²) in [5.74, 6) is -0.810. The van der Waals surface area contributed by atoms with Gasteiger partial charge in [-0.25, -0.2) is 9.18 Å². The Labute approximate surface area is 235 Å². The van der Waals surface area contributed by atoms with Gasteiger partial charge in [0.25, 0.3) is 0 Å². The summed E-state index contributed by atoms with van der Waals surface area (Å²) in [6, 6.07) is 7.98. The molecule has 2 heterocycles. The van der Waals surface area contributed by atoms with Gasteiger partial charge in [-0.05, 0) is 81.1 Å². The number of urea groups is 1. The van der Waals surface area contributed by atoms with E-state index < -0.39 is 23.6 Å². The van der Waals surface area contributed by atoms with E-state index >= 15 is 0 Å². The van der Waals surface area contributed by atoms with Crippen LogP contribution in [0.2, 0.25) is 0 Å². The lowest BCUT2D eigenvalue weighted by atomic mass is 9.93. The lowest BCUT2D eigenvalue weighted by Gasteiger charge is -2.34. The Kier molecular flexibility index (Phi) is 7.09. The Bertz CT molecular complexity index is 1440. The average Bonchev–Trinajstić information content (AvgIpc) is 3.39. The number of halogens is 4. The highest BCUT2D eigenvalue weighted by molar-refractivity contribution is 5.90.